The number of rotatable bonds is 4. The van der Waals surface area contributed by atoms with Gasteiger partial charge in [0, 0.05) is 6.07 Å². The number of benzene rings is 1. The molecule has 0 saturated carbocycles. The van der Waals surface area contributed by atoms with Crippen molar-refractivity contribution in [3.05, 3.63) is 41.7 Å². The van der Waals surface area contributed by atoms with Crippen LogP contribution >= 0.6 is 0 Å². The van der Waals surface area contributed by atoms with Crippen LogP contribution < -0.4 is 9.83 Å². The van der Waals surface area contributed by atoms with E-state index in [0.717, 1.165) is 6.07 Å². The highest BCUT2D eigenvalue weighted by Gasteiger charge is 2.16. The molecule has 0 fully saturated rings. The highest BCUT2D eigenvalue weighted by molar-refractivity contribution is 7.92. The van der Waals surface area contributed by atoms with Gasteiger partial charge in [-0.25, -0.2) is 8.42 Å². The number of hydrogen-bond acceptors (Lipinski definition) is 6. The molecule has 1 N–H and O–H groups in total. The fourth-order valence-corrected chi connectivity index (χ4v) is 2.43. The van der Waals surface area contributed by atoms with Crippen molar-refractivity contribution >= 4 is 21.8 Å². The Morgan fingerprint density at radius 2 is 2.11 bits per heavy atom. The van der Waals surface area contributed by atoms with E-state index in [1.165, 1.54) is 24.3 Å². The molecule has 0 aliphatic carbocycles. The number of hydrogen-bond donors (Lipinski definition) is 1. The van der Waals surface area contributed by atoms with E-state index in [0.29, 0.717) is 5.76 Å². The Balaban J connectivity index is 2.34. The third-order valence-corrected chi connectivity index (χ3v) is 3.60. The Kier molecular flexibility index (Phi) is 3.26. The molecule has 0 unspecified atom stereocenters. The zero-order valence-corrected chi connectivity index (χ0v) is 10.6. The van der Waals surface area contributed by atoms with Gasteiger partial charge in [-0.1, -0.05) is 17.3 Å². The summed E-state index contributed by atoms with van der Waals surface area (Å²) in [5.41, 5.74) is -0.223. The van der Waals surface area contributed by atoms with E-state index in [-0.39, 0.29) is 16.3 Å². The fourth-order valence-electron chi connectivity index (χ4n) is 1.40. The quantitative estimate of drug-likeness (QED) is 0.853. The zero-order chi connectivity index (χ0) is 14.0. The minimum atomic E-state index is -3.92. The molecule has 2 rings (SSSR count). The van der Waals surface area contributed by atoms with E-state index in [1.54, 1.807) is 6.92 Å². The van der Waals surface area contributed by atoms with Gasteiger partial charge in [-0.05, 0) is 24.6 Å². The second-order valence-corrected chi connectivity index (χ2v) is 5.43. The van der Waals surface area contributed by atoms with Gasteiger partial charge in [-0.15, -0.1) is 0 Å². The van der Waals surface area contributed by atoms with Crippen molar-refractivity contribution < 1.29 is 22.8 Å². The van der Waals surface area contributed by atoms with Crippen molar-refractivity contribution in [3.8, 4) is 0 Å². The molecule has 2 aromatic rings. The highest BCUT2D eigenvalue weighted by Crippen LogP contribution is 2.16. The van der Waals surface area contributed by atoms with Crippen LogP contribution in [0.15, 0.2) is 39.8 Å². The molecule has 0 amide bonds. The van der Waals surface area contributed by atoms with Crippen LogP contribution in [0.2, 0.25) is 0 Å². The lowest BCUT2D eigenvalue weighted by Gasteiger charge is -2.07. The Hall–Kier alpha value is -2.35. The third kappa shape index (κ3) is 2.91. The first-order valence-corrected chi connectivity index (χ1v) is 6.64. The number of carbonyl (C=O) groups is 1. The number of sulfonamides is 1. The van der Waals surface area contributed by atoms with E-state index < -0.39 is 16.0 Å². The third-order valence-electron chi connectivity index (χ3n) is 2.25. The number of nitrogens with one attached hydrogen (secondary N) is 1. The maximum Gasteiger partial charge on any atom is 0.263 e. The van der Waals surface area contributed by atoms with Crippen LogP contribution in [-0.4, -0.2) is 19.5 Å². The molecule has 1 aromatic heterocycles. The number of aryl methyl sites for hydroxylation is 1. The Bertz CT molecular complexity index is 720. The predicted octanol–water partition coefficient (Wildman–Crippen LogP) is 0.147. The number of anilines is 1. The molecule has 19 heavy (non-hydrogen) atoms. The summed E-state index contributed by atoms with van der Waals surface area (Å²) < 4.78 is 30.9. The number of carbonyl (C=O) groups excluding carboxylic acids is 1. The van der Waals surface area contributed by atoms with Gasteiger partial charge in [0.05, 0.1) is 10.9 Å². The summed E-state index contributed by atoms with van der Waals surface area (Å²) >= 11 is 0. The van der Waals surface area contributed by atoms with Crippen LogP contribution in [0.4, 0.5) is 5.82 Å². The van der Waals surface area contributed by atoms with E-state index in [2.05, 4.69) is 9.88 Å². The van der Waals surface area contributed by atoms with Crippen LogP contribution in [0, 0.1) is 6.92 Å². The summed E-state index contributed by atoms with van der Waals surface area (Å²) in [5.74, 6) is -0.980. The molecule has 8 heteroatoms. The van der Waals surface area contributed by atoms with Gasteiger partial charge in [0.2, 0.25) is 0 Å². The molecule has 1 aromatic carbocycles. The van der Waals surface area contributed by atoms with Crippen LogP contribution in [-0.2, 0) is 10.0 Å². The lowest BCUT2D eigenvalue weighted by Crippen LogP contribution is -2.23. The van der Waals surface area contributed by atoms with E-state index in [1.807, 2.05) is 0 Å². The normalized spacial score (nSPS) is 11.2. The van der Waals surface area contributed by atoms with Crippen molar-refractivity contribution in [2.24, 2.45) is 0 Å². The first kappa shape index (κ1) is 13.1. The largest absolute Gasteiger partial charge is 0.545 e. The average Bonchev–Trinajstić information content (AvgIpc) is 2.74. The average molecular weight is 281 g/mol. The SMILES string of the molecule is Cc1cc(NS(=O)(=O)c2cccc(C(=O)[O-])c2)no1. The maximum absolute atomic E-state index is 12.0. The number of carboxylic acids is 1. The molecule has 0 saturated heterocycles. The summed E-state index contributed by atoms with van der Waals surface area (Å²) in [6.07, 6.45) is 0. The molecule has 0 spiro atoms. The Morgan fingerprint density at radius 3 is 2.68 bits per heavy atom. The maximum atomic E-state index is 12.0. The molecule has 7 nitrogen and oxygen atoms in total. The van der Waals surface area contributed by atoms with Crippen LogP contribution in [0.25, 0.3) is 0 Å². The zero-order valence-electron chi connectivity index (χ0n) is 9.78. The molecular formula is C11H9N2O5S-. The van der Waals surface area contributed by atoms with Gasteiger partial charge in [0.25, 0.3) is 10.0 Å². The van der Waals surface area contributed by atoms with Gasteiger partial charge in [0.1, 0.15) is 5.76 Å². The summed E-state index contributed by atoms with van der Waals surface area (Å²) in [6, 6.07) is 6.23. The molecule has 0 aliphatic rings. The van der Waals surface area contributed by atoms with Gasteiger partial charge < -0.3 is 14.4 Å². The number of aromatic carboxylic acids is 1. The van der Waals surface area contributed by atoms with Crippen LogP contribution in [0.5, 0.6) is 0 Å². The van der Waals surface area contributed by atoms with Crippen LogP contribution in [0.1, 0.15) is 16.1 Å². The van der Waals surface area contributed by atoms with Gasteiger partial charge in [-0.3, -0.25) is 4.72 Å². The monoisotopic (exact) mass is 281 g/mol. The Morgan fingerprint density at radius 1 is 1.37 bits per heavy atom. The molecular weight excluding hydrogens is 272 g/mol. The summed E-state index contributed by atoms with van der Waals surface area (Å²) in [5, 5.41) is 14.2. The van der Waals surface area contributed by atoms with Gasteiger partial charge in [0.15, 0.2) is 5.82 Å². The van der Waals surface area contributed by atoms with Crippen molar-refractivity contribution in [1.29, 1.82) is 0 Å². The van der Waals surface area contributed by atoms with Crippen molar-refractivity contribution in [2.75, 3.05) is 4.72 Å². The lowest BCUT2D eigenvalue weighted by molar-refractivity contribution is -0.255. The van der Waals surface area contributed by atoms with Gasteiger partial charge in [-0.2, -0.15) is 0 Å². The number of nitrogens with zero attached hydrogens (tertiary/aromatic N) is 1. The standard InChI is InChI=1S/C11H10N2O5S/c1-7-5-10(12-18-7)13-19(16,17)9-4-2-3-8(6-9)11(14)15/h2-6H,1H3,(H,12,13)(H,14,15)/p-1. The van der Waals surface area contributed by atoms with Crippen LogP contribution in [0.3, 0.4) is 0 Å². The Labute approximate surface area is 108 Å². The first-order valence-electron chi connectivity index (χ1n) is 5.16. The molecule has 0 radical (unpaired) electrons. The minimum absolute atomic E-state index is 0.0244. The molecule has 0 atom stereocenters. The topological polar surface area (TPSA) is 112 Å². The number of aromatic nitrogens is 1. The fraction of sp³-hybridized carbons (Fsp3) is 0.0909. The van der Waals surface area contributed by atoms with E-state index >= 15 is 0 Å². The van der Waals surface area contributed by atoms with E-state index in [4.69, 9.17) is 4.52 Å². The first-order chi connectivity index (χ1) is 8.88. The summed E-state index contributed by atoms with van der Waals surface area (Å²) in [4.78, 5) is 10.5. The molecule has 100 valence electrons. The highest BCUT2D eigenvalue weighted by atomic mass is 32.2. The van der Waals surface area contributed by atoms with E-state index in [9.17, 15) is 18.3 Å². The van der Waals surface area contributed by atoms with Crippen molar-refractivity contribution in [2.45, 2.75) is 11.8 Å². The summed E-state index contributed by atoms with van der Waals surface area (Å²) in [7, 11) is -3.92. The molecule has 1 heterocycles. The molecule has 0 aliphatic heterocycles. The predicted molar refractivity (Wildman–Crippen MR) is 62.8 cm³/mol. The molecule has 0 bridgehead atoms. The van der Waals surface area contributed by atoms with Gasteiger partial charge >= 0.3 is 0 Å². The van der Waals surface area contributed by atoms with Crippen molar-refractivity contribution in [1.82, 2.24) is 5.16 Å². The van der Waals surface area contributed by atoms with Crippen molar-refractivity contribution in [3.63, 3.8) is 0 Å². The smallest absolute Gasteiger partial charge is 0.263 e. The second kappa shape index (κ2) is 4.73. The number of carboxylic acid groups (broad SMARTS) is 1. The summed E-state index contributed by atoms with van der Waals surface area (Å²) in [6.45, 7) is 1.61. The minimum Gasteiger partial charge on any atom is -0.545 e. The lowest BCUT2D eigenvalue weighted by atomic mass is 10.2. The second-order valence-electron chi connectivity index (χ2n) is 3.74.